The van der Waals surface area contributed by atoms with Crippen molar-refractivity contribution in [3.8, 4) is 0 Å². The summed E-state index contributed by atoms with van der Waals surface area (Å²) in [5.41, 5.74) is 14.9. The summed E-state index contributed by atoms with van der Waals surface area (Å²) in [5, 5.41) is 50.1. The lowest BCUT2D eigenvalue weighted by molar-refractivity contribution is -0.138. The molecule has 698 valence electrons. The number of para-hydroxylation sites is 5. The van der Waals surface area contributed by atoms with Gasteiger partial charge in [-0.05, 0) is 197 Å². The molecule has 0 radical (unpaired) electrons. The van der Waals surface area contributed by atoms with Crippen molar-refractivity contribution in [2.45, 2.75) is 84.4 Å². The van der Waals surface area contributed by atoms with Gasteiger partial charge in [0.25, 0.3) is 17.7 Å². The fourth-order valence-electron chi connectivity index (χ4n) is 14.5. The van der Waals surface area contributed by atoms with Crippen molar-refractivity contribution in [2.75, 3.05) is 27.0 Å². The first-order valence-corrected chi connectivity index (χ1v) is 43.9. The van der Waals surface area contributed by atoms with E-state index in [-0.39, 0.29) is 48.1 Å². The van der Waals surface area contributed by atoms with Crippen LogP contribution >= 0.6 is 34.3 Å². The van der Waals surface area contributed by atoms with Crippen molar-refractivity contribution >= 4 is 136 Å². The van der Waals surface area contributed by atoms with Gasteiger partial charge in [-0.15, -0.1) is 22.7 Å². The first-order valence-electron chi connectivity index (χ1n) is 41.7. The van der Waals surface area contributed by atoms with Crippen LogP contribution in [0.4, 0.5) is 90.6 Å². The molecule has 0 aliphatic heterocycles. The van der Waals surface area contributed by atoms with Gasteiger partial charge in [-0.3, -0.25) is 37.8 Å². The first-order chi connectivity index (χ1) is 65.5. The van der Waals surface area contributed by atoms with Crippen LogP contribution in [0.5, 0.6) is 0 Å². The normalized spacial score (nSPS) is 11.6. The molecule has 19 rings (SSSR count). The third kappa shape index (κ3) is 23.9. The highest BCUT2D eigenvalue weighted by Crippen LogP contribution is 2.37. The van der Waals surface area contributed by atoms with Gasteiger partial charge in [-0.2, -0.15) is 78.2 Å². The Morgan fingerprint density at radius 1 is 0.380 bits per heavy atom. The Morgan fingerprint density at radius 3 is 1.07 bits per heavy atom. The number of nitrogen functional groups attached to an aromatic ring is 1. The number of anilines is 5. The molecule has 0 atom stereocenters. The highest BCUT2D eigenvalue weighted by molar-refractivity contribution is 7.14. The summed E-state index contributed by atoms with van der Waals surface area (Å²) in [7, 11) is 0. The Morgan fingerprint density at radius 2 is 0.708 bits per heavy atom. The average Bonchev–Trinajstić information content (AvgIpc) is 1.65. The maximum absolute atomic E-state index is 13.9. The van der Waals surface area contributed by atoms with E-state index in [9.17, 15) is 75.8 Å². The molecule has 0 saturated heterocycles. The van der Waals surface area contributed by atoms with Gasteiger partial charge >= 0.3 is 24.7 Å². The summed E-state index contributed by atoms with van der Waals surface area (Å²) < 4.78 is 189. The van der Waals surface area contributed by atoms with Crippen molar-refractivity contribution in [1.29, 1.82) is 0 Å². The van der Waals surface area contributed by atoms with E-state index in [0.717, 1.165) is 150 Å². The monoisotopic (exact) mass is 1930 g/mol. The van der Waals surface area contributed by atoms with Crippen molar-refractivity contribution in [2.24, 2.45) is 0 Å². The van der Waals surface area contributed by atoms with Crippen molar-refractivity contribution in [1.82, 2.24) is 53.9 Å². The average molecular weight is 1930 g/mol. The predicted molar refractivity (Wildman–Crippen MR) is 502 cm³/mol. The van der Waals surface area contributed by atoms with Crippen LogP contribution in [-0.4, -0.2) is 76.7 Å². The molecule has 3 amide bonds. The van der Waals surface area contributed by atoms with Gasteiger partial charge in [-0.1, -0.05) is 175 Å². The number of carbonyl (C=O) groups is 3. The predicted octanol–water partition coefficient (Wildman–Crippen LogP) is 25.0. The van der Waals surface area contributed by atoms with E-state index >= 15 is 0 Å². The highest BCUT2D eigenvalue weighted by Gasteiger charge is 2.34. The van der Waals surface area contributed by atoms with Gasteiger partial charge in [-0.25, -0.2) is 13.8 Å². The van der Waals surface area contributed by atoms with Crippen LogP contribution in [0.1, 0.15) is 103 Å². The standard InChI is InChI=1S/C23H20F3N3.C22H14F5N3O.C21H16F3N3OS.C19H12ClF3N4OS.C15H15N3O/c1-16-6-8-17(9-7-16)14-27-22-20-4-2-3-5-21(20)29(28-22)15-18-10-12-19(13-11-18)23(24,25)26;23-15-9-10-18(24)17(11-15)21(31)28-20-16-3-1-2-4-19(16)30(29-20)12-13-5-7-14(8-6-13)22(25,26)27;1-13-10-11-29-18(13)20(28)25-19-16-4-2-3-5-17(16)27(26-19)12-14-6-8-15(9-7-14)21(22,23)24;20-18-24-14(10-29-18)17(28)25-16-13-3-1-2-4-15(13)27(26-16)9-11-5-7-12(8-6-11)19(21,22)23;16-15-13-3-1-2-4-14(13)18(17-15)9-11-5-7-12(10-19)8-6-11/h2-13H,14-15H2,1H3,(H,27,28);1-11H,12H2,(H,28,29,31);2-11H,12H2,1H3,(H,25,26,28);1-8,10H,9H2,(H,25,26,28);1-8,19H,9-10H2,(H2,16,17). The zero-order valence-electron chi connectivity index (χ0n) is 72.0. The number of hydrogen-bond acceptors (Lipinski definition) is 14. The van der Waals surface area contributed by atoms with E-state index in [1.807, 2.05) is 150 Å². The van der Waals surface area contributed by atoms with E-state index < -0.39 is 76.0 Å². The Labute approximate surface area is 783 Å². The number of nitrogens with zero attached hydrogens (tertiary/aromatic N) is 11. The van der Waals surface area contributed by atoms with Gasteiger partial charge < -0.3 is 32.1 Å². The smallest absolute Gasteiger partial charge is 0.392 e. The number of aryl methyl sites for hydroxylation is 2. The number of hydrogen-bond donors (Lipinski definition) is 6. The molecule has 37 heteroatoms. The van der Waals surface area contributed by atoms with Gasteiger partial charge in [0.15, 0.2) is 33.6 Å². The number of carbonyl (C=O) groups excluding carboxylic acids is 3. The summed E-state index contributed by atoms with van der Waals surface area (Å²) in [6.45, 7) is 6.36. The number of amides is 3. The minimum atomic E-state index is -4.43. The van der Waals surface area contributed by atoms with E-state index in [1.165, 1.54) is 70.1 Å². The number of aliphatic hydroxyl groups is 1. The van der Waals surface area contributed by atoms with Crippen LogP contribution < -0.4 is 27.0 Å². The summed E-state index contributed by atoms with van der Waals surface area (Å²) in [6, 6.07) is 77.6. The fourth-order valence-corrected chi connectivity index (χ4v) is 16.1. The van der Waals surface area contributed by atoms with E-state index in [0.29, 0.717) is 74.9 Å². The van der Waals surface area contributed by atoms with Crippen molar-refractivity contribution < 1.29 is 81.0 Å². The number of alkyl halides is 12. The molecule has 0 unspecified atom stereocenters. The zero-order valence-corrected chi connectivity index (χ0v) is 74.4. The lowest BCUT2D eigenvalue weighted by Crippen LogP contribution is -2.15. The Hall–Kier alpha value is -15.4. The van der Waals surface area contributed by atoms with E-state index in [4.69, 9.17) is 22.4 Å². The number of aliphatic hydroxyl groups excluding tert-OH is 1. The van der Waals surface area contributed by atoms with Crippen LogP contribution in [0.25, 0.3) is 54.5 Å². The molecule has 7 N–H and O–H groups in total. The molecule has 0 aliphatic carbocycles. The molecule has 0 fully saturated rings. The number of nitrogens with two attached hydrogens (primary N) is 1. The molecule has 0 saturated carbocycles. The van der Waals surface area contributed by atoms with Gasteiger partial charge in [0.2, 0.25) is 0 Å². The second-order valence-corrected chi connectivity index (χ2v) is 33.5. The minimum absolute atomic E-state index is 0.0674. The highest BCUT2D eigenvalue weighted by atomic mass is 35.5. The number of benzene rings is 12. The van der Waals surface area contributed by atoms with Crippen LogP contribution in [0.15, 0.2) is 302 Å². The SMILES string of the molecule is Cc1ccc(CNc2nn(Cc3ccc(C(F)(F)F)cc3)c3ccccc23)cc1.Cc1ccsc1C(=O)Nc1nn(Cc2ccc(C(F)(F)F)cc2)c2ccccc12.Nc1nn(Cc2ccc(CO)cc2)c2ccccc12.O=C(Nc1nn(Cc2ccc(C(F)(F)F)cc2)c2ccccc12)c1cc(F)ccc1F.O=C(Nc1nn(Cc2ccc(C(F)(F)F)cc2)c2ccccc12)c1csc(Cl)n1. The molecule has 7 heterocycles. The maximum Gasteiger partial charge on any atom is 0.416 e. The lowest BCUT2D eigenvalue weighted by atomic mass is 10.1. The molecular formula is C100H77ClF14N16O4S2. The third-order valence-corrected chi connectivity index (χ3v) is 23.5. The van der Waals surface area contributed by atoms with Crippen molar-refractivity contribution in [3.63, 3.8) is 0 Å². The molecule has 20 nitrogen and oxygen atoms in total. The summed E-state index contributed by atoms with van der Waals surface area (Å²) in [4.78, 5) is 42.0. The molecule has 7 aromatic heterocycles. The van der Waals surface area contributed by atoms with E-state index in [2.05, 4.69) is 76.0 Å². The second kappa shape index (κ2) is 41.6. The summed E-state index contributed by atoms with van der Waals surface area (Å²) in [6.07, 6.45) is -17.5. The first kappa shape index (κ1) is 96.2. The molecule has 19 aromatic rings. The molecule has 0 bridgehead atoms. The summed E-state index contributed by atoms with van der Waals surface area (Å²) >= 11 is 8.27. The van der Waals surface area contributed by atoms with Crippen LogP contribution in [0.3, 0.4) is 0 Å². The second-order valence-electron chi connectivity index (χ2n) is 31.2. The summed E-state index contributed by atoms with van der Waals surface area (Å²) in [5.74, 6) is -1.00. The third-order valence-electron chi connectivity index (χ3n) is 21.5. The lowest BCUT2D eigenvalue weighted by Gasteiger charge is -2.08. The molecule has 0 aliphatic rings. The Kier molecular flexibility index (Phi) is 29.2. The fraction of sp³-hybridized carbons (Fsp3) is 0.130. The molecule has 0 spiro atoms. The van der Waals surface area contributed by atoms with Crippen LogP contribution in [0.2, 0.25) is 4.47 Å². The Balaban J connectivity index is 0.000000131. The van der Waals surface area contributed by atoms with Gasteiger partial charge in [0.05, 0.1) is 99.6 Å². The number of rotatable bonds is 20. The molecular weight excluding hydrogens is 1850 g/mol. The molecule has 12 aromatic carbocycles. The number of halogens is 15. The van der Waals surface area contributed by atoms with Gasteiger partial charge in [0.1, 0.15) is 17.3 Å². The number of thiophene rings is 1. The van der Waals surface area contributed by atoms with Gasteiger partial charge in [0, 0.05) is 38.9 Å². The minimum Gasteiger partial charge on any atom is -0.392 e. The number of aromatic nitrogens is 11. The van der Waals surface area contributed by atoms with E-state index in [1.54, 1.807) is 45.1 Å². The largest absolute Gasteiger partial charge is 0.416 e. The molecule has 137 heavy (non-hydrogen) atoms. The Bertz CT molecular complexity index is 7480. The topological polar surface area (TPSA) is 248 Å². The number of nitrogens with one attached hydrogen (secondary N) is 4. The zero-order chi connectivity index (χ0) is 97.0. The number of fused-ring (bicyclic) bond motifs is 5. The van der Waals surface area contributed by atoms with Crippen molar-refractivity contribution in [3.05, 3.63) is 407 Å². The van der Waals surface area contributed by atoms with Crippen LogP contribution in [-0.2, 0) is 70.6 Å². The quantitative estimate of drug-likeness (QED) is 0.0390. The maximum atomic E-state index is 13.9. The van der Waals surface area contributed by atoms with Crippen LogP contribution in [0, 0.1) is 25.5 Å². The number of thiazole rings is 1.